The van der Waals surface area contributed by atoms with Gasteiger partial charge in [-0.05, 0) is 60.8 Å². The van der Waals surface area contributed by atoms with Gasteiger partial charge in [0.15, 0.2) is 5.78 Å². The van der Waals surface area contributed by atoms with E-state index in [1.807, 2.05) is 42.7 Å². The maximum Gasteiger partial charge on any atom is 0.176 e. The summed E-state index contributed by atoms with van der Waals surface area (Å²) in [7, 11) is 0. The Morgan fingerprint density at radius 1 is 1.26 bits per heavy atom. The number of nitrogens with one attached hydrogen (secondary N) is 1. The predicted octanol–water partition coefficient (Wildman–Crippen LogP) is 2.80. The van der Waals surface area contributed by atoms with E-state index >= 15 is 0 Å². The Balaban J connectivity index is 1.59. The van der Waals surface area contributed by atoms with Crippen LogP contribution in [0.1, 0.15) is 28.4 Å². The Morgan fingerprint density at radius 3 is 2.87 bits per heavy atom. The molecule has 1 aromatic carbocycles. The first-order valence-electron chi connectivity index (χ1n) is 8.27. The van der Waals surface area contributed by atoms with Gasteiger partial charge < -0.3 is 5.32 Å². The summed E-state index contributed by atoms with van der Waals surface area (Å²) in [6, 6.07) is 10.1. The van der Waals surface area contributed by atoms with Crippen molar-refractivity contribution >= 4 is 11.5 Å². The number of fused-ring (bicyclic) bond motifs is 1. The third kappa shape index (κ3) is 3.96. The maximum atomic E-state index is 12.6. The summed E-state index contributed by atoms with van der Waals surface area (Å²) in [5.74, 6) is 0.205. The molecule has 0 aliphatic carbocycles. The molecule has 2 aromatic rings. The lowest BCUT2D eigenvalue weighted by atomic mass is 10.0. The summed E-state index contributed by atoms with van der Waals surface area (Å²) >= 11 is 0. The van der Waals surface area contributed by atoms with Gasteiger partial charge in [0, 0.05) is 36.7 Å². The molecule has 23 heavy (non-hydrogen) atoms. The highest BCUT2D eigenvalue weighted by molar-refractivity contribution is 5.98. The van der Waals surface area contributed by atoms with Crippen molar-refractivity contribution in [2.75, 3.05) is 31.5 Å². The molecule has 0 unspecified atom stereocenters. The van der Waals surface area contributed by atoms with Crippen LogP contribution in [0.5, 0.6) is 0 Å². The van der Waals surface area contributed by atoms with E-state index in [2.05, 4.69) is 22.1 Å². The van der Waals surface area contributed by atoms with Gasteiger partial charge in [0.1, 0.15) is 0 Å². The van der Waals surface area contributed by atoms with Crippen LogP contribution in [0.15, 0.2) is 42.7 Å². The Kier molecular flexibility index (Phi) is 5.03. The zero-order chi connectivity index (χ0) is 16.1. The van der Waals surface area contributed by atoms with E-state index in [-0.39, 0.29) is 5.78 Å². The average Bonchev–Trinajstić information content (AvgIpc) is 3.07. The van der Waals surface area contributed by atoms with Crippen molar-refractivity contribution in [2.45, 2.75) is 19.8 Å². The topological polar surface area (TPSA) is 45.2 Å². The van der Waals surface area contributed by atoms with Crippen molar-refractivity contribution in [3.05, 3.63) is 59.4 Å². The molecule has 1 aromatic heterocycles. The van der Waals surface area contributed by atoms with Gasteiger partial charge in [-0.2, -0.15) is 0 Å². The first kappa shape index (κ1) is 15.7. The number of Topliss-reactive ketones (excluding diaryl/α,β-unsaturated/α-hetero) is 1. The molecule has 2 heterocycles. The molecule has 4 heteroatoms. The van der Waals surface area contributed by atoms with Crippen molar-refractivity contribution in [1.29, 1.82) is 0 Å². The lowest BCUT2D eigenvalue weighted by Crippen LogP contribution is -2.31. The third-order valence-corrected chi connectivity index (χ3v) is 4.42. The molecule has 3 rings (SSSR count). The summed E-state index contributed by atoms with van der Waals surface area (Å²) in [6.45, 7) is 5.32. The number of anilines is 1. The molecule has 0 atom stereocenters. The lowest BCUT2D eigenvalue weighted by Gasteiger charge is -2.19. The number of aromatic nitrogens is 1. The molecular formula is C19H23N3O. The van der Waals surface area contributed by atoms with E-state index in [1.54, 1.807) is 0 Å². The Bertz CT molecular complexity index is 670. The van der Waals surface area contributed by atoms with E-state index < -0.39 is 0 Å². The summed E-state index contributed by atoms with van der Waals surface area (Å²) < 4.78 is 0. The number of benzene rings is 1. The van der Waals surface area contributed by atoms with Crippen LogP contribution in [0.3, 0.4) is 0 Å². The number of pyridine rings is 1. The Labute approximate surface area is 137 Å². The van der Waals surface area contributed by atoms with Crippen LogP contribution in [-0.4, -0.2) is 41.8 Å². The molecule has 0 bridgehead atoms. The van der Waals surface area contributed by atoms with E-state index in [0.29, 0.717) is 6.54 Å². The number of rotatable bonds is 7. The zero-order valence-corrected chi connectivity index (χ0v) is 13.6. The molecular weight excluding hydrogens is 286 g/mol. The molecule has 120 valence electrons. The Hall–Kier alpha value is -2.20. The molecule has 0 amide bonds. The van der Waals surface area contributed by atoms with Crippen LogP contribution in [0.25, 0.3) is 0 Å². The van der Waals surface area contributed by atoms with E-state index in [1.165, 1.54) is 16.8 Å². The van der Waals surface area contributed by atoms with Gasteiger partial charge in [0.2, 0.25) is 0 Å². The number of carbonyl (C=O) groups is 1. The molecule has 1 aliphatic heterocycles. The first-order chi connectivity index (χ1) is 11.3. The molecule has 0 fully saturated rings. The van der Waals surface area contributed by atoms with Gasteiger partial charge in [0.05, 0.1) is 6.54 Å². The molecule has 0 saturated heterocycles. The largest absolute Gasteiger partial charge is 0.384 e. The van der Waals surface area contributed by atoms with Gasteiger partial charge in [-0.15, -0.1) is 0 Å². The summed E-state index contributed by atoms with van der Waals surface area (Å²) in [5, 5.41) is 3.33. The number of likely N-dealkylation sites (N-methyl/N-ethyl adjacent to an activating group) is 1. The normalized spacial score (nSPS) is 13.0. The first-order valence-corrected chi connectivity index (χ1v) is 8.27. The van der Waals surface area contributed by atoms with Crippen molar-refractivity contribution in [1.82, 2.24) is 9.88 Å². The fourth-order valence-corrected chi connectivity index (χ4v) is 2.96. The number of hydrogen-bond acceptors (Lipinski definition) is 4. The van der Waals surface area contributed by atoms with Crippen LogP contribution in [0.4, 0.5) is 5.69 Å². The SMILES string of the molecule is CCN(CCc1ccncc1)CC(=O)c1ccc2c(c1)CCN2. The number of nitrogens with zero attached hydrogens (tertiary/aromatic N) is 2. The van der Waals surface area contributed by atoms with E-state index in [9.17, 15) is 4.79 Å². The van der Waals surface area contributed by atoms with Crippen molar-refractivity contribution in [3.63, 3.8) is 0 Å². The van der Waals surface area contributed by atoms with Crippen molar-refractivity contribution in [3.8, 4) is 0 Å². The second kappa shape index (κ2) is 7.38. The second-order valence-corrected chi connectivity index (χ2v) is 5.95. The smallest absolute Gasteiger partial charge is 0.176 e. The number of ketones is 1. The van der Waals surface area contributed by atoms with Gasteiger partial charge in [-0.25, -0.2) is 0 Å². The van der Waals surface area contributed by atoms with Crippen molar-refractivity contribution in [2.24, 2.45) is 0 Å². The molecule has 4 nitrogen and oxygen atoms in total. The molecule has 1 N–H and O–H groups in total. The Morgan fingerprint density at radius 2 is 2.09 bits per heavy atom. The van der Waals surface area contributed by atoms with Gasteiger partial charge in [0.25, 0.3) is 0 Å². The molecule has 0 radical (unpaired) electrons. The maximum absolute atomic E-state index is 12.6. The van der Waals surface area contributed by atoms with Crippen LogP contribution in [0.2, 0.25) is 0 Å². The molecule has 1 aliphatic rings. The third-order valence-electron chi connectivity index (χ3n) is 4.42. The summed E-state index contributed by atoms with van der Waals surface area (Å²) in [6.07, 6.45) is 5.58. The zero-order valence-electron chi connectivity index (χ0n) is 13.6. The minimum absolute atomic E-state index is 0.205. The van der Waals surface area contributed by atoms with E-state index in [0.717, 1.165) is 38.0 Å². The highest BCUT2D eigenvalue weighted by atomic mass is 16.1. The number of hydrogen-bond donors (Lipinski definition) is 1. The fourth-order valence-electron chi connectivity index (χ4n) is 2.96. The summed E-state index contributed by atoms with van der Waals surface area (Å²) in [5.41, 5.74) is 4.52. The van der Waals surface area contributed by atoms with Gasteiger partial charge >= 0.3 is 0 Å². The molecule has 0 spiro atoms. The highest BCUT2D eigenvalue weighted by Gasteiger charge is 2.15. The minimum Gasteiger partial charge on any atom is -0.384 e. The predicted molar refractivity (Wildman–Crippen MR) is 93.0 cm³/mol. The monoisotopic (exact) mass is 309 g/mol. The standard InChI is InChI=1S/C19H23N3O/c1-2-22(12-8-15-5-9-20-10-6-15)14-19(23)17-3-4-18-16(13-17)7-11-21-18/h3-6,9-10,13,21H,2,7-8,11-12,14H2,1H3. The van der Waals surface area contributed by atoms with Crippen LogP contribution in [0, 0.1) is 0 Å². The quantitative estimate of drug-likeness (QED) is 0.799. The van der Waals surface area contributed by atoms with Gasteiger partial charge in [-0.3, -0.25) is 14.7 Å². The molecule has 0 saturated carbocycles. The minimum atomic E-state index is 0.205. The van der Waals surface area contributed by atoms with Crippen LogP contribution >= 0.6 is 0 Å². The van der Waals surface area contributed by atoms with Crippen molar-refractivity contribution < 1.29 is 4.79 Å². The highest BCUT2D eigenvalue weighted by Crippen LogP contribution is 2.23. The number of carbonyl (C=O) groups excluding carboxylic acids is 1. The van der Waals surface area contributed by atoms with E-state index in [4.69, 9.17) is 0 Å². The summed E-state index contributed by atoms with van der Waals surface area (Å²) in [4.78, 5) is 18.8. The van der Waals surface area contributed by atoms with Crippen LogP contribution in [-0.2, 0) is 12.8 Å². The fraction of sp³-hybridized carbons (Fsp3) is 0.368. The van der Waals surface area contributed by atoms with Gasteiger partial charge in [-0.1, -0.05) is 6.92 Å². The average molecular weight is 309 g/mol. The lowest BCUT2D eigenvalue weighted by molar-refractivity contribution is 0.0934. The van der Waals surface area contributed by atoms with Crippen LogP contribution < -0.4 is 5.32 Å². The second-order valence-electron chi connectivity index (χ2n) is 5.95.